The first-order valence-corrected chi connectivity index (χ1v) is 16.5. The Balaban J connectivity index is 1.36. The second-order valence-electron chi connectivity index (χ2n) is 11.6. The molecule has 1 aromatic heterocycles. The van der Waals surface area contributed by atoms with Crippen molar-refractivity contribution < 1.29 is 0 Å². The van der Waals surface area contributed by atoms with Gasteiger partial charge in [0.05, 0.1) is 0 Å². The van der Waals surface area contributed by atoms with Gasteiger partial charge in [-0.3, -0.25) is 0 Å². The zero-order valence-corrected chi connectivity index (χ0v) is 24.7. The molecular weight excluding hydrogens is 535 g/mol. The van der Waals surface area contributed by atoms with Crippen molar-refractivity contribution >= 4 is 66.2 Å². The van der Waals surface area contributed by atoms with Gasteiger partial charge in [0, 0.05) is 10.2 Å². The molecule has 43 heavy (non-hydrogen) atoms. The Morgan fingerprint density at radius 3 is 1.74 bits per heavy atom. The Morgan fingerprint density at radius 1 is 0.442 bits per heavy atom. The van der Waals surface area contributed by atoms with E-state index in [1.807, 2.05) is 0 Å². The van der Waals surface area contributed by atoms with Crippen LogP contribution < -0.4 is 0 Å². The monoisotopic (exact) mass is 564 g/mol. The molecule has 8 aromatic rings. The van der Waals surface area contributed by atoms with Crippen LogP contribution in [0.25, 0.3) is 80.9 Å². The summed E-state index contributed by atoms with van der Waals surface area (Å²) in [6.07, 6.45) is 9.48. The number of fused-ring (bicyclic) bond motifs is 8. The minimum Gasteiger partial charge on any atom is -0.0833 e. The van der Waals surface area contributed by atoms with Gasteiger partial charge in [0.2, 0.25) is 0 Å². The lowest BCUT2D eigenvalue weighted by Crippen LogP contribution is -1.89. The molecule has 0 radical (unpaired) electrons. The molecule has 0 amide bonds. The molecule has 0 fully saturated rings. The largest absolute Gasteiger partial charge is 0.0833 e. The van der Waals surface area contributed by atoms with Crippen LogP contribution in [0.15, 0.2) is 152 Å². The SMILES string of the molecule is C1=CC(p2c3ccccc3c3cc(-c4cc5cc(-c6ccccc6)c6ccccc6c5c5ccccc45)ccc32)=CCC1. The third-order valence-corrected chi connectivity index (χ3v) is 11.8. The highest BCUT2D eigenvalue weighted by atomic mass is 31.1. The maximum Gasteiger partial charge on any atom is 0.00686 e. The van der Waals surface area contributed by atoms with E-state index < -0.39 is 7.53 Å². The predicted octanol–water partition coefficient (Wildman–Crippen LogP) is 13.0. The molecule has 1 heterocycles. The number of benzene rings is 7. The fourth-order valence-electron chi connectivity index (χ4n) is 7.26. The summed E-state index contributed by atoms with van der Waals surface area (Å²) in [5.41, 5.74) is 5.12. The van der Waals surface area contributed by atoms with E-state index in [9.17, 15) is 0 Å². The molecule has 7 aromatic carbocycles. The summed E-state index contributed by atoms with van der Waals surface area (Å²) in [6.45, 7) is 0. The molecule has 202 valence electrons. The first-order valence-electron chi connectivity index (χ1n) is 15.2. The average Bonchev–Trinajstić information content (AvgIpc) is 3.42. The van der Waals surface area contributed by atoms with Crippen molar-refractivity contribution in [3.05, 3.63) is 152 Å². The van der Waals surface area contributed by atoms with Crippen molar-refractivity contribution in [3.8, 4) is 22.3 Å². The molecule has 1 heteroatoms. The average molecular weight is 565 g/mol. The van der Waals surface area contributed by atoms with Crippen LogP contribution >= 0.6 is 7.53 Å². The summed E-state index contributed by atoms with van der Waals surface area (Å²) >= 11 is 0. The number of hydrogen-bond acceptors (Lipinski definition) is 0. The van der Waals surface area contributed by atoms with Gasteiger partial charge in [0.1, 0.15) is 0 Å². The summed E-state index contributed by atoms with van der Waals surface area (Å²) in [7, 11) is -0.515. The summed E-state index contributed by atoms with van der Waals surface area (Å²) < 4.78 is 0. The fraction of sp³-hybridized carbons (Fsp3) is 0.0476. The van der Waals surface area contributed by atoms with Gasteiger partial charge in [0.25, 0.3) is 0 Å². The quantitative estimate of drug-likeness (QED) is 0.187. The van der Waals surface area contributed by atoms with Crippen LogP contribution in [-0.4, -0.2) is 0 Å². The first-order chi connectivity index (χ1) is 21.3. The topological polar surface area (TPSA) is 0 Å². The van der Waals surface area contributed by atoms with Crippen LogP contribution in [0.5, 0.6) is 0 Å². The molecule has 1 atom stereocenters. The Labute approximate surface area is 252 Å². The predicted molar refractivity (Wildman–Crippen MR) is 190 cm³/mol. The van der Waals surface area contributed by atoms with Crippen LogP contribution in [0.1, 0.15) is 12.8 Å². The van der Waals surface area contributed by atoms with E-state index in [0.29, 0.717) is 0 Å². The van der Waals surface area contributed by atoms with Gasteiger partial charge < -0.3 is 0 Å². The van der Waals surface area contributed by atoms with Crippen LogP contribution in [-0.2, 0) is 0 Å². The van der Waals surface area contributed by atoms with Crippen LogP contribution in [0.3, 0.4) is 0 Å². The van der Waals surface area contributed by atoms with Crippen molar-refractivity contribution in [2.75, 3.05) is 0 Å². The third-order valence-electron chi connectivity index (χ3n) is 9.16. The van der Waals surface area contributed by atoms with Gasteiger partial charge in [-0.2, -0.15) is 0 Å². The molecule has 0 N–H and O–H groups in total. The van der Waals surface area contributed by atoms with E-state index in [2.05, 4.69) is 152 Å². The number of rotatable bonds is 3. The van der Waals surface area contributed by atoms with Gasteiger partial charge in [0.15, 0.2) is 0 Å². The molecule has 0 spiro atoms. The zero-order chi connectivity index (χ0) is 28.3. The van der Waals surface area contributed by atoms with E-state index in [1.165, 1.54) is 80.9 Å². The highest BCUT2D eigenvalue weighted by Gasteiger charge is 2.18. The smallest absolute Gasteiger partial charge is 0.00686 e. The zero-order valence-electron chi connectivity index (χ0n) is 23.8. The van der Waals surface area contributed by atoms with Crippen molar-refractivity contribution in [3.63, 3.8) is 0 Å². The molecule has 0 bridgehead atoms. The van der Waals surface area contributed by atoms with Gasteiger partial charge in [-0.15, -0.1) is 0 Å². The van der Waals surface area contributed by atoms with Crippen molar-refractivity contribution in [1.29, 1.82) is 0 Å². The lowest BCUT2D eigenvalue weighted by Gasteiger charge is -2.16. The second-order valence-corrected chi connectivity index (χ2v) is 13.7. The molecule has 1 aliphatic rings. The normalized spacial score (nSPS) is 13.9. The summed E-state index contributed by atoms with van der Waals surface area (Å²) in [5.74, 6) is 0. The Bertz CT molecular complexity index is 2440. The molecular formula is C42H29P. The van der Waals surface area contributed by atoms with Gasteiger partial charge in [-0.1, -0.05) is 135 Å². The lowest BCUT2D eigenvalue weighted by molar-refractivity contribution is 1.05. The molecule has 1 unspecified atom stereocenters. The van der Waals surface area contributed by atoms with Gasteiger partial charge in [-0.05, 0) is 108 Å². The number of allylic oxidation sites excluding steroid dienone is 4. The standard InChI is InChI=1S/C42H29P/c1-3-13-28(14-4-1)37-26-30-27-38(33-18-8-10-21-36(33)42(30)35-20-9-7-17-32(35)37)29-23-24-41-39(25-29)34-19-11-12-22-40(34)43(41)31-15-5-2-6-16-31/h1,3-5,7-27H,2,6H2. The summed E-state index contributed by atoms with van der Waals surface area (Å²) in [6, 6.07) is 49.9. The molecule has 1 aliphatic carbocycles. The van der Waals surface area contributed by atoms with Crippen molar-refractivity contribution in [2.45, 2.75) is 12.8 Å². The maximum atomic E-state index is 2.47. The highest BCUT2D eigenvalue weighted by molar-refractivity contribution is 7.71. The van der Waals surface area contributed by atoms with Crippen LogP contribution in [0.2, 0.25) is 0 Å². The lowest BCUT2D eigenvalue weighted by atomic mass is 9.87. The molecule has 0 saturated heterocycles. The summed E-state index contributed by atoms with van der Waals surface area (Å²) in [4.78, 5) is 0. The number of hydrogen-bond donors (Lipinski definition) is 0. The molecule has 9 rings (SSSR count). The van der Waals surface area contributed by atoms with Crippen LogP contribution in [0, 0.1) is 0 Å². The summed E-state index contributed by atoms with van der Waals surface area (Å²) in [5, 5.41) is 15.1. The Hall–Kier alpha value is -4.90. The Morgan fingerprint density at radius 2 is 1.05 bits per heavy atom. The Kier molecular flexibility index (Phi) is 5.65. The maximum absolute atomic E-state index is 2.47. The van der Waals surface area contributed by atoms with E-state index in [1.54, 1.807) is 0 Å². The van der Waals surface area contributed by atoms with E-state index in [4.69, 9.17) is 0 Å². The van der Waals surface area contributed by atoms with Gasteiger partial charge >= 0.3 is 0 Å². The minimum absolute atomic E-state index is 0.515. The van der Waals surface area contributed by atoms with Crippen molar-refractivity contribution in [2.24, 2.45) is 0 Å². The third kappa shape index (κ3) is 3.84. The molecule has 0 nitrogen and oxygen atoms in total. The van der Waals surface area contributed by atoms with E-state index in [-0.39, 0.29) is 0 Å². The first kappa shape index (κ1) is 24.7. The highest BCUT2D eigenvalue weighted by Crippen LogP contribution is 2.57. The second kappa shape index (κ2) is 9.84. The van der Waals surface area contributed by atoms with Crippen LogP contribution in [0.4, 0.5) is 0 Å². The van der Waals surface area contributed by atoms with Gasteiger partial charge in [-0.25, -0.2) is 0 Å². The van der Waals surface area contributed by atoms with E-state index in [0.717, 1.165) is 12.8 Å². The minimum atomic E-state index is -0.515. The molecule has 0 aliphatic heterocycles. The fourth-order valence-corrected chi connectivity index (χ4v) is 9.96. The molecule has 0 saturated carbocycles. The van der Waals surface area contributed by atoms with Crippen molar-refractivity contribution in [1.82, 2.24) is 0 Å². The van der Waals surface area contributed by atoms with E-state index >= 15 is 0 Å².